The first-order valence-corrected chi connectivity index (χ1v) is 11.2. The van der Waals surface area contributed by atoms with Crippen molar-refractivity contribution in [3.63, 3.8) is 0 Å². The van der Waals surface area contributed by atoms with E-state index in [1.165, 1.54) is 16.7 Å². The van der Waals surface area contributed by atoms with Gasteiger partial charge in [0.2, 0.25) is 0 Å². The van der Waals surface area contributed by atoms with Crippen LogP contribution in [0.4, 0.5) is 5.69 Å². The Labute approximate surface area is 192 Å². The van der Waals surface area contributed by atoms with E-state index in [1.807, 2.05) is 38.1 Å². The number of hydrogen-bond donors (Lipinski definition) is 0. The minimum Gasteiger partial charge on any atom is -0.490 e. The first kappa shape index (κ1) is 23.4. The summed E-state index contributed by atoms with van der Waals surface area (Å²) in [7, 11) is 1.69. The van der Waals surface area contributed by atoms with E-state index >= 15 is 0 Å². The van der Waals surface area contributed by atoms with Crippen molar-refractivity contribution in [2.45, 2.75) is 20.8 Å². The number of rotatable bonds is 8. The smallest absolute Gasteiger partial charge is 0.338 e. The average Bonchev–Trinajstić information content (AvgIpc) is 3.04. The van der Waals surface area contributed by atoms with E-state index in [4.69, 9.17) is 14.2 Å². The molecule has 2 aromatic rings. The highest BCUT2D eigenvalue weighted by Crippen LogP contribution is 2.35. The van der Waals surface area contributed by atoms with Gasteiger partial charge in [-0.2, -0.15) is 0 Å². The van der Waals surface area contributed by atoms with E-state index in [2.05, 4.69) is 4.99 Å². The number of carbonyl (C=O) groups excluding carboxylic acids is 2. The van der Waals surface area contributed by atoms with Gasteiger partial charge < -0.3 is 14.2 Å². The first-order valence-electron chi connectivity index (χ1n) is 10.4. The van der Waals surface area contributed by atoms with Gasteiger partial charge in [-0.05, 0) is 80.6 Å². The molecule has 1 saturated heterocycles. The monoisotopic (exact) mass is 454 g/mol. The molecular formula is C24H26N2O5S. The van der Waals surface area contributed by atoms with Crippen LogP contribution in [0.15, 0.2) is 52.4 Å². The second-order valence-electron chi connectivity index (χ2n) is 6.71. The summed E-state index contributed by atoms with van der Waals surface area (Å²) in [4.78, 5) is 31.2. The molecule has 32 heavy (non-hydrogen) atoms. The van der Waals surface area contributed by atoms with Gasteiger partial charge in [0, 0.05) is 7.05 Å². The zero-order valence-corrected chi connectivity index (χ0v) is 19.4. The number of amidine groups is 1. The van der Waals surface area contributed by atoms with Crippen LogP contribution < -0.4 is 9.47 Å². The maximum absolute atomic E-state index is 12.7. The summed E-state index contributed by atoms with van der Waals surface area (Å²) in [5, 5.41) is 0.557. The molecule has 1 heterocycles. The molecule has 0 aromatic heterocycles. The first-order chi connectivity index (χ1) is 15.5. The van der Waals surface area contributed by atoms with Gasteiger partial charge in [0.15, 0.2) is 16.7 Å². The van der Waals surface area contributed by atoms with Crippen LogP contribution >= 0.6 is 11.8 Å². The second kappa shape index (κ2) is 10.9. The SMILES string of the molecule is CCOC(=O)c1ccc(N=C2SC(=Cc3ccc(OCC)c(OCC)c3)C(=O)N2C)cc1. The Hall–Kier alpha value is -3.26. The lowest BCUT2D eigenvalue weighted by Gasteiger charge is -2.11. The minimum atomic E-state index is -0.374. The van der Waals surface area contributed by atoms with Crippen LogP contribution in [-0.2, 0) is 9.53 Å². The molecule has 8 heteroatoms. The summed E-state index contributed by atoms with van der Waals surface area (Å²) in [6.07, 6.45) is 1.81. The molecule has 0 bridgehead atoms. The molecule has 168 valence electrons. The fourth-order valence-electron chi connectivity index (χ4n) is 2.96. The lowest BCUT2D eigenvalue weighted by atomic mass is 10.2. The number of likely N-dealkylation sites (N-methyl/N-ethyl adjacent to an activating group) is 1. The molecule has 7 nitrogen and oxygen atoms in total. The van der Waals surface area contributed by atoms with Crippen LogP contribution in [0.25, 0.3) is 6.08 Å². The minimum absolute atomic E-state index is 0.135. The molecule has 0 N–H and O–H groups in total. The van der Waals surface area contributed by atoms with E-state index in [0.29, 0.717) is 52.6 Å². The van der Waals surface area contributed by atoms with Gasteiger partial charge in [-0.25, -0.2) is 9.79 Å². The summed E-state index contributed by atoms with van der Waals surface area (Å²) < 4.78 is 16.3. The fraction of sp³-hybridized carbons (Fsp3) is 0.292. The maximum atomic E-state index is 12.7. The van der Waals surface area contributed by atoms with E-state index in [1.54, 1.807) is 38.2 Å². The molecule has 3 rings (SSSR count). The number of nitrogens with zero attached hydrogens (tertiary/aromatic N) is 2. The number of hydrogen-bond acceptors (Lipinski definition) is 7. The maximum Gasteiger partial charge on any atom is 0.338 e. The molecule has 1 amide bonds. The van der Waals surface area contributed by atoms with Gasteiger partial charge in [0.05, 0.1) is 36.0 Å². The van der Waals surface area contributed by atoms with Gasteiger partial charge in [0.25, 0.3) is 5.91 Å². The van der Waals surface area contributed by atoms with Crippen molar-refractivity contribution in [3.8, 4) is 11.5 Å². The van der Waals surface area contributed by atoms with Crippen LogP contribution in [0, 0.1) is 0 Å². The Balaban J connectivity index is 1.81. The molecule has 0 spiro atoms. The van der Waals surface area contributed by atoms with Gasteiger partial charge in [-0.3, -0.25) is 9.69 Å². The summed E-state index contributed by atoms with van der Waals surface area (Å²) in [5.74, 6) is 0.806. The van der Waals surface area contributed by atoms with Gasteiger partial charge in [0.1, 0.15) is 0 Å². The largest absolute Gasteiger partial charge is 0.490 e. The van der Waals surface area contributed by atoms with Crippen molar-refractivity contribution >= 4 is 40.6 Å². The highest BCUT2D eigenvalue weighted by atomic mass is 32.2. The Kier molecular flexibility index (Phi) is 7.94. The van der Waals surface area contributed by atoms with Gasteiger partial charge in [-0.15, -0.1) is 0 Å². The van der Waals surface area contributed by atoms with E-state index in [9.17, 15) is 9.59 Å². The molecule has 0 saturated carbocycles. The number of amides is 1. The number of esters is 1. The second-order valence-corrected chi connectivity index (χ2v) is 7.72. The van der Waals surface area contributed by atoms with Crippen LogP contribution in [-0.4, -0.2) is 48.8 Å². The predicted molar refractivity (Wildman–Crippen MR) is 127 cm³/mol. The van der Waals surface area contributed by atoms with Gasteiger partial charge >= 0.3 is 5.97 Å². The topological polar surface area (TPSA) is 77.4 Å². The predicted octanol–water partition coefficient (Wildman–Crippen LogP) is 4.89. The third-order valence-corrected chi connectivity index (χ3v) is 5.53. The number of thioether (sulfide) groups is 1. The van der Waals surface area contributed by atoms with Crippen LogP contribution in [0.2, 0.25) is 0 Å². The van der Waals surface area contributed by atoms with Gasteiger partial charge in [-0.1, -0.05) is 6.07 Å². The Morgan fingerprint density at radius 1 is 1.00 bits per heavy atom. The molecule has 1 aliphatic rings. The van der Waals surface area contributed by atoms with E-state index < -0.39 is 0 Å². The zero-order valence-electron chi connectivity index (χ0n) is 18.6. The molecule has 1 aliphatic heterocycles. The number of aliphatic imine (C=N–C) groups is 1. The number of ether oxygens (including phenoxy) is 3. The highest BCUT2D eigenvalue weighted by Gasteiger charge is 2.30. The van der Waals surface area contributed by atoms with Crippen molar-refractivity contribution < 1.29 is 23.8 Å². The third-order valence-electron chi connectivity index (χ3n) is 4.47. The molecule has 0 unspecified atom stereocenters. The van der Waals surface area contributed by atoms with Crippen molar-refractivity contribution in [1.29, 1.82) is 0 Å². The molecule has 0 aliphatic carbocycles. The summed E-state index contributed by atoms with van der Waals surface area (Å²) in [6, 6.07) is 12.3. The van der Waals surface area contributed by atoms with Crippen molar-refractivity contribution in [3.05, 3.63) is 58.5 Å². The Morgan fingerprint density at radius 2 is 1.69 bits per heavy atom. The quantitative estimate of drug-likeness (QED) is 0.417. The number of carbonyl (C=O) groups is 2. The zero-order chi connectivity index (χ0) is 23.1. The molecule has 0 radical (unpaired) electrons. The van der Waals surface area contributed by atoms with Crippen LogP contribution in [0.5, 0.6) is 11.5 Å². The number of benzene rings is 2. The molecular weight excluding hydrogens is 428 g/mol. The van der Waals surface area contributed by atoms with Crippen molar-refractivity contribution in [2.75, 3.05) is 26.9 Å². The normalized spacial score (nSPS) is 16.0. The van der Waals surface area contributed by atoms with E-state index in [0.717, 1.165) is 5.56 Å². The van der Waals surface area contributed by atoms with Crippen molar-refractivity contribution in [1.82, 2.24) is 4.90 Å². The van der Waals surface area contributed by atoms with Crippen LogP contribution in [0.1, 0.15) is 36.7 Å². The van der Waals surface area contributed by atoms with Crippen LogP contribution in [0.3, 0.4) is 0 Å². The lowest BCUT2D eigenvalue weighted by Crippen LogP contribution is -2.23. The molecule has 1 fully saturated rings. The summed E-state index contributed by atoms with van der Waals surface area (Å²) >= 11 is 1.29. The Morgan fingerprint density at radius 3 is 2.34 bits per heavy atom. The molecule has 2 aromatic carbocycles. The molecule has 0 atom stereocenters. The van der Waals surface area contributed by atoms with Crippen molar-refractivity contribution in [2.24, 2.45) is 4.99 Å². The third kappa shape index (κ3) is 5.50. The average molecular weight is 455 g/mol. The summed E-state index contributed by atoms with van der Waals surface area (Å²) in [6.45, 7) is 6.97. The van der Waals surface area contributed by atoms with E-state index in [-0.39, 0.29) is 11.9 Å². The summed E-state index contributed by atoms with van der Waals surface area (Å²) in [5.41, 5.74) is 1.93. The fourth-order valence-corrected chi connectivity index (χ4v) is 3.94. The lowest BCUT2D eigenvalue weighted by molar-refractivity contribution is -0.121. The standard InChI is InChI=1S/C24H26N2O5S/c1-5-29-19-13-8-16(14-20(19)30-6-2)15-21-22(27)26(4)24(32-21)25-18-11-9-17(10-12-18)23(28)31-7-3/h8-15H,5-7H2,1-4H3. The highest BCUT2D eigenvalue weighted by molar-refractivity contribution is 8.18. The Bertz CT molecular complexity index is 1050.